The molecule has 2 aromatic rings. The van der Waals surface area contributed by atoms with Gasteiger partial charge in [-0.3, -0.25) is 9.59 Å². The second-order valence-electron chi connectivity index (χ2n) is 6.80. The summed E-state index contributed by atoms with van der Waals surface area (Å²) in [6.45, 7) is 2.53. The van der Waals surface area contributed by atoms with Crippen LogP contribution in [0, 0.1) is 5.92 Å². The van der Waals surface area contributed by atoms with E-state index in [1.165, 1.54) is 34.0 Å². The first-order valence-corrected chi connectivity index (χ1v) is 9.30. The molecule has 0 radical (unpaired) electrons. The summed E-state index contributed by atoms with van der Waals surface area (Å²) in [5.74, 6) is -1.13. The van der Waals surface area contributed by atoms with Crippen LogP contribution in [-0.4, -0.2) is 51.5 Å². The topological polar surface area (TPSA) is 77.3 Å². The van der Waals surface area contributed by atoms with Crippen molar-refractivity contribution in [1.29, 1.82) is 0 Å². The van der Waals surface area contributed by atoms with Gasteiger partial charge in [0.1, 0.15) is 0 Å². The number of likely N-dealkylation sites (tertiary alicyclic amines) is 1. The van der Waals surface area contributed by atoms with Gasteiger partial charge < -0.3 is 9.64 Å². The van der Waals surface area contributed by atoms with E-state index in [4.69, 9.17) is 4.74 Å². The molecule has 0 aliphatic carbocycles. The Kier molecular flexibility index (Phi) is 6.19. The van der Waals surface area contributed by atoms with Crippen molar-refractivity contribution in [3.8, 4) is 0 Å². The van der Waals surface area contributed by atoms with E-state index in [0.717, 1.165) is 6.07 Å². The maximum atomic E-state index is 13.1. The van der Waals surface area contributed by atoms with Gasteiger partial charge >= 0.3 is 12.1 Å². The first-order chi connectivity index (χ1) is 13.8. The number of carbonyl (C=O) groups is 2. The largest absolute Gasteiger partial charge is 0.466 e. The molecule has 0 N–H and O–H groups in total. The minimum absolute atomic E-state index is 0.0269. The molecular weight excluding hydrogens is 389 g/mol. The zero-order valence-corrected chi connectivity index (χ0v) is 15.9. The smallest absolute Gasteiger partial charge is 0.416 e. The Balaban J connectivity index is 1.70. The van der Waals surface area contributed by atoms with E-state index < -0.39 is 17.6 Å². The molecule has 1 saturated heterocycles. The first-order valence-electron chi connectivity index (χ1n) is 9.30. The molecule has 0 saturated carbocycles. The van der Waals surface area contributed by atoms with Crippen molar-refractivity contribution < 1.29 is 27.5 Å². The predicted molar refractivity (Wildman–Crippen MR) is 95.8 cm³/mol. The lowest BCUT2D eigenvalue weighted by Gasteiger charge is -2.30. The fourth-order valence-electron chi connectivity index (χ4n) is 3.36. The minimum Gasteiger partial charge on any atom is -0.466 e. The van der Waals surface area contributed by atoms with E-state index in [0.29, 0.717) is 19.4 Å². The standard InChI is InChI=1S/C19H21F3N4O3/c1-2-29-18(28)14-7-5-9-25(10-14)17(27)16-12-26(24-23-16)11-13-6-3-4-8-15(13)19(20,21)22/h3-4,6,8,12,14H,2,5,7,9-11H2,1H3. The van der Waals surface area contributed by atoms with Gasteiger partial charge in [0, 0.05) is 13.1 Å². The number of hydrogen-bond donors (Lipinski definition) is 0. The van der Waals surface area contributed by atoms with Gasteiger partial charge in [0.15, 0.2) is 5.69 Å². The predicted octanol–water partition coefficient (Wildman–Crippen LogP) is 2.76. The average molecular weight is 410 g/mol. The van der Waals surface area contributed by atoms with Gasteiger partial charge in [0.05, 0.1) is 30.8 Å². The molecule has 3 rings (SSSR count). The number of aromatic nitrogens is 3. The molecule has 1 amide bonds. The molecule has 29 heavy (non-hydrogen) atoms. The normalized spacial score (nSPS) is 17.2. The van der Waals surface area contributed by atoms with Crippen molar-refractivity contribution >= 4 is 11.9 Å². The Bertz CT molecular complexity index is 882. The molecule has 1 unspecified atom stereocenters. The van der Waals surface area contributed by atoms with Gasteiger partial charge in [-0.05, 0) is 31.4 Å². The Morgan fingerprint density at radius 3 is 2.76 bits per heavy atom. The van der Waals surface area contributed by atoms with Crippen molar-refractivity contribution in [3.63, 3.8) is 0 Å². The third-order valence-corrected chi connectivity index (χ3v) is 4.74. The van der Waals surface area contributed by atoms with Crippen LogP contribution in [-0.2, 0) is 22.3 Å². The van der Waals surface area contributed by atoms with E-state index in [1.54, 1.807) is 6.92 Å². The van der Waals surface area contributed by atoms with Crippen molar-refractivity contribution in [3.05, 3.63) is 47.3 Å². The van der Waals surface area contributed by atoms with E-state index >= 15 is 0 Å². The number of piperidine rings is 1. The highest BCUT2D eigenvalue weighted by molar-refractivity contribution is 5.92. The molecule has 0 bridgehead atoms. The fourth-order valence-corrected chi connectivity index (χ4v) is 3.36. The molecule has 1 fully saturated rings. The van der Waals surface area contributed by atoms with E-state index in [1.807, 2.05) is 0 Å². The summed E-state index contributed by atoms with van der Waals surface area (Å²) in [6, 6.07) is 5.19. The lowest BCUT2D eigenvalue weighted by Crippen LogP contribution is -2.43. The van der Waals surface area contributed by atoms with Crippen LogP contribution >= 0.6 is 0 Å². The zero-order chi connectivity index (χ0) is 21.0. The lowest BCUT2D eigenvalue weighted by molar-refractivity contribution is -0.149. The molecule has 10 heteroatoms. The first kappa shape index (κ1) is 20.8. The van der Waals surface area contributed by atoms with Crippen molar-refractivity contribution in [2.75, 3.05) is 19.7 Å². The number of carbonyl (C=O) groups excluding carboxylic acids is 2. The number of halogens is 3. The highest BCUT2D eigenvalue weighted by Gasteiger charge is 2.33. The quantitative estimate of drug-likeness (QED) is 0.709. The van der Waals surface area contributed by atoms with Crippen LogP contribution in [0.15, 0.2) is 30.5 Å². The van der Waals surface area contributed by atoms with Crippen LogP contribution in [0.3, 0.4) is 0 Å². The zero-order valence-electron chi connectivity index (χ0n) is 15.9. The monoisotopic (exact) mass is 410 g/mol. The summed E-state index contributed by atoms with van der Waals surface area (Å²) < 4.78 is 45.6. The van der Waals surface area contributed by atoms with E-state index in [9.17, 15) is 22.8 Å². The molecule has 156 valence electrons. The molecule has 7 nitrogen and oxygen atoms in total. The van der Waals surface area contributed by atoms with Crippen LogP contribution in [0.1, 0.15) is 41.4 Å². The van der Waals surface area contributed by atoms with Crippen LogP contribution in [0.4, 0.5) is 13.2 Å². The molecule has 1 aliphatic heterocycles. The van der Waals surface area contributed by atoms with Gasteiger partial charge in [-0.1, -0.05) is 23.4 Å². The molecule has 2 heterocycles. The van der Waals surface area contributed by atoms with Crippen LogP contribution in [0.2, 0.25) is 0 Å². The van der Waals surface area contributed by atoms with Crippen molar-refractivity contribution in [2.45, 2.75) is 32.5 Å². The van der Waals surface area contributed by atoms with Crippen LogP contribution in [0.25, 0.3) is 0 Å². The summed E-state index contributed by atoms with van der Waals surface area (Å²) in [4.78, 5) is 26.1. The lowest BCUT2D eigenvalue weighted by atomic mass is 9.98. The maximum Gasteiger partial charge on any atom is 0.416 e. The number of rotatable bonds is 5. The Hall–Kier alpha value is -2.91. The number of alkyl halides is 3. The number of esters is 1. The summed E-state index contributed by atoms with van der Waals surface area (Å²) in [5.41, 5.74) is -0.695. The van der Waals surface area contributed by atoms with Crippen molar-refractivity contribution in [1.82, 2.24) is 19.9 Å². The van der Waals surface area contributed by atoms with Gasteiger partial charge in [0.2, 0.25) is 0 Å². The third kappa shape index (κ3) is 4.93. The summed E-state index contributed by atoms with van der Waals surface area (Å²) in [7, 11) is 0. The highest BCUT2D eigenvalue weighted by atomic mass is 19.4. The SMILES string of the molecule is CCOC(=O)C1CCCN(C(=O)c2cn(Cc3ccccc3C(F)(F)F)nn2)C1. The van der Waals surface area contributed by atoms with Gasteiger partial charge in [-0.2, -0.15) is 13.2 Å². The maximum absolute atomic E-state index is 13.1. The molecule has 1 aromatic heterocycles. The van der Waals surface area contributed by atoms with E-state index in [-0.39, 0.29) is 42.8 Å². The van der Waals surface area contributed by atoms with Crippen LogP contribution in [0.5, 0.6) is 0 Å². The molecule has 1 atom stereocenters. The molecular formula is C19H21F3N4O3. The second-order valence-corrected chi connectivity index (χ2v) is 6.80. The number of nitrogens with zero attached hydrogens (tertiary/aromatic N) is 4. The Morgan fingerprint density at radius 2 is 2.03 bits per heavy atom. The number of benzene rings is 1. The van der Waals surface area contributed by atoms with Crippen molar-refractivity contribution in [2.24, 2.45) is 5.92 Å². The van der Waals surface area contributed by atoms with Crippen LogP contribution < -0.4 is 0 Å². The third-order valence-electron chi connectivity index (χ3n) is 4.74. The fraction of sp³-hybridized carbons (Fsp3) is 0.474. The number of ether oxygens (including phenoxy) is 1. The molecule has 1 aliphatic rings. The molecule has 1 aromatic carbocycles. The van der Waals surface area contributed by atoms with Gasteiger partial charge in [-0.25, -0.2) is 4.68 Å². The Morgan fingerprint density at radius 1 is 1.28 bits per heavy atom. The van der Waals surface area contributed by atoms with Gasteiger partial charge in [0.25, 0.3) is 5.91 Å². The minimum atomic E-state index is -4.48. The summed E-state index contributed by atoms with van der Waals surface area (Å²) in [6.07, 6.45) is -1.86. The average Bonchev–Trinajstić information content (AvgIpc) is 3.16. The summed E-state index contributed by atoms with van der Waals surface area (Å²) in [5, 5.41) is 7.60. The molecule has 0 spiro atoms. The summed E-state index contributed by atoms with van der Waals surface area (Å²) >= 11 is 0. The van der Waals surface area contributed by atoms with E-state index in [2.05, 4.69) is 10.3 Å². The second kappa shape index (κ2) is 8.62. The Labute approximate surface area is 165 Å². The highest BCUT2D eigenvalue weighted by Crippen LogP contribution is 2.32. The van der Waals surface area contributed by atoms with Gasteiger partial charge in [-0.15, -0.1) is 5.10 Å². The number of hydrogen-bond acceptors (Lipinski definition) is 5. The number of amides is 1.